The molecule has 0 unspecified atom stereocenters. The highest BCUT2D eigenvalue weighted by atomic mass is 16.2. The van der Waals surface area contributed by atoms with E-state index < -0.39 is 0 Å². The Bertz CT molecular complexity index is 890. The Labute approximate surface area is 177 Å². The molecule has 30 heavy (non-hydrogen) atoms. The van der Waals surface area contributed by atoms with Crippen LogP contribution in [0.25, 0.3) is 0 Å². The Morgan fingerprint density at radius 2 is 1.80 bits per heavy atom. The molecule has 0 atom stereocenters. The Kier molecular flexibility index (Phi) is 7.33. The van der Waals surface area contributed by atoms with Gasteiger partial charge in [-0.1, -0.05) is 25.1 Å². The zero-order valence-electron chi connectivity index (χ0n) is 17.6. The van der Waals surface area contributed by atoms with E-state index in [-0.39, 0.29) is 29.6 Å². The number of hydrogen-bond acceptors (Lipinski definition) is 4. The van der Waals surface area contributed by atoms with Crippen molar-refractivity contribution in [2.24, 2.45) is 11.8 Å². The molecule has 3 rings (SSSR count). The highest BCUT2D eigenvalue weighted by Crippen LogP contribution is 2.31. The summed E-state index contributed by atoms with van der Waals surface area (Å²) in [6.07, 6.45) is 6.74. The second kappa shape index (κ2) is 10.1. The zero-order chi connectivity index (χ0) is 21.5. The maximum atomic E-state index is 13.1. The molecule has 0 bridgehead atoms. The van der Waals surface area contributed by atoms with Gasteiger partial charge in [-0.05, 0) is 62.3 Å². The predicted octanol–water partition coefficient (Wildman–Crippen LogP) is 4.21. The van der Waals surface area contributed by atoms with Gasteiger partial charge in [0.25, 0.3) is 5.91 Å². The van der Waals surface area contributed by atoms with Gasteiger partial charge in [0.15, 0.2) is 0 Å². The highest BCUT2D eigenvalue weighted by molar-refractivity contribution is 6.05. The van der Waals surface area contributed by atoms with Gasteiger partial charge in [-0.25, -0.2) is 0 Å². The Hall–Kier alpha value is -3.02. The van der Waals surface area contributed by atoms with Gasteiger partial charge < -0.3 is 5.32 Å². The number of benzene rings is 1. The molecule has 2 aromatic rings. The number of rotatable bonds is 6. The van der Waals surface area contributed by atoms with Crippen molar-refractivity contribution in [1.82, 2.24) is 9.88 Å². The van der Waals surface area contributed by atoms with Gasteiger partial charge in [0.2, 0.25) is 11.8 Å². The molecule has 0 radical (unpaired) electrons. The third kappa shape index (κ3) is 5.32. The fourth-order valence-corrected chi connectivity index (χ4v) is 3.99. The summed E-state index contributed by atoms with van der Waals surface area (Å²) in [6, 6.07) is 11.0. The average Bonchev–Trinajstić information content (AvgIpc) is 2.78. The van der Waals surface area contributed by atoms with Gasteiger partial charge in [0.05, 0.1) is 11.9 Å². The van der Waals surface area contributed by atoms with Gasteiger partial charge in [-0.2, -0.15) is 0 Å². The molecule has 1 saturated carbocycles. The van der Waals surface area contributed by atoms with Gasteiger partial charge >= 0.3 is 0 Å². The number of aryl methyl sites for hydroxylation is 1. The molecular weight excluding hydrogens is 378 g/mol. The first-order chi connectivity index (χ1) is 14.5. The SMILES string of the molecule is CCC(=O)N(CC1CCC(C(=O)Nc2cccnc2)CC1)C(=O)c1ccccc1C. The molecule has 0 spiro atoms. The van der Waals surface area contributed by atoms with Gasteiger partial charge in [0, 0.05) is 30.6 Å². The van der Waals surface area contributed by atoms with Crippen LogP contribution in [0.15, 0.2) is 48.8 Å². The summed E-state index contributed by atoms with van der Waals surface area (Å²) in [4.78, 5) is 43.5. The van der Waals surface area contributed by atoms with Crippen molar-refractivity contribution in [3.63, 3.8) is 0 Å². The molecule has 1 aliphatic carbocycles. The Balaban J connectivity index is 1.59. The maximum absolute atomic E-state index is 13.1. The number of aromatic nitrogens is 1. The van der Waals surface area contributed by atoms with Gasteiger partial charge in [-0.15, -0.1) is 0 Å². The molecule has 3 amide bonds. The molecule has 158 valence electrons. The first-order valence-electron chi connectivity index (χ1n) is 10.6. The van der Waals surface area contributed by atoms with E-state index in [1.807, 2.05) is 31.2 Å². The third-order valence-electron chi connectivity index (χ3n) is 5.81. The minimum absolute atomic E-state index is 0.0129. The smallest absolute Gasteiger partial charge is 0.260 e. The molecule has 6 heteroatoms. The molecular formula is C24H29N3O3. The number of amides is 3. The number of nitrogens with zero attached hydrogens (tertiary/aromatic N) is 2. The first-order valence-corrected chi connectivity index (χ1v) is 10.6. The van der Waals surface area contributed by atoms with E-state index in [1.54, 1.807) is 31.5 Å². The van der Waals surface area contributed by atoms with Crippen LogP contribution in [0.1, 0.15) is 54.9 Å². The van der Waals surface area contributed by atoms with E-state index in [0.717, 1.165) is 31.2 Å². The number of hydrogen-bond donors (Lipinski definition) is 1. The van der Waals surface area contributed by atoms with Crippen molar-refractivity contribution < 1.29 is 14.4 Å². The quantitative estimate of drug-likeness (QED) is 0.778. The van der Waals surface area contributed by atoms with E-state index >= 15 is 0 Å². The molecule has 1 aliphatic rings. The standard InChI is InChI=1S/C24H29N3O3/c1-3-22(28)27(24(30)21-9-5-4-7-17(21)2)16-18-10-12-19(13-11-18)23(29)26-20-8-6-14-25-15-20/h4-9,14-15,18-19H,3,10-13,16H2,1-2H3,(H,26,29). The summed E-state index contributed by atoms with van der Waals surface area (Å²) in [6.45, 7) is 4.07. The molecule has 0 aliphatic heterocycles. The topological polar surface area (TPSA) is 79.4 Å². The lowest BCUT2D eigenvalue weighted by Crippen LogP contribution is -2.41. The monoisotopic (exact) mass is 407 g/mol. The normalized spacial score (nSPS) is 18.5. The lowest BCUT2D eigenvalue weighted by molar-refractivity contribution is -0.129. The molecule has 1 fully saturated rings. The number of anilines is 1. The average molecular weight is 408 g/mol. The van der Waals surface area contributed by atoms with E-state index in [4.69, 9.17) is 0 Å². The van der Waals surface area contributed by atoms with Crippen LogP contribution in [0.4, 0.5) is 5.69 Å². The van der Waals surface area contributed by atoms with E-state index in [9.17, 15) is 14.4 Å². The number of nitrogens with one attached hydrogen (secondary N) is 1. The zero-order valence-corrected chi connectivity index (χ0v) is 17.6. The van der Waals surface area contributed by atoms with Crippen LogP contribution >= 0.6 is 0 Å². The minimum atomic E-state index is -0.226. The van der Waals surface area contributed by atoms with Crippen molar-refractivity contribution >= 4 is 23.4 Å². The van der Waals surface area contributed by atoms with Crippen LogP contribution in [0.2, 0.25) is 0 Å². The predicted molar refractivity (Wildman–Crippen MR) is 116 cm³/mol. The number of pyridine rings is 1. The molecule has 1 aromatic carbocycles. The van der Waals surface area contributed by atoms with Crippen molar-refractivity contribution in [1.29, 1.82) is 0 Å². The summed E-state index contributed by atoms with van der Waals surface area (Å²) in [7, 11) is 0. The molecule has 0 saturated heterocycles. The van der Waals surface area contributed by atoms with E-state index in [2.05, 4.69) is 10.3 Å². The first kappa shape index (κ1) is 21.7. The second-order valence-corrected chi connectivity index (χ2v) is 7.93. The van der Waals surface area contributed by atoms with Crippen molar-refractivity contribution in [2.45, 2.75) is 46.0 Å². The summed E-state index contributed by atoms with van der Waals surface area (Å²) in [5, 5.41) is 2.92. The van der Waals surface area contributed by atoms with Gasteiger partial charge in [-0.3, -0.25) is 24.3 Å². The van der Waals surface area contributed by atoms with E-state index in [0.29, 0.717) is 24.2 Å². The number of imide groups is 1. The van der Waals surface area contributed by atoms with Crippen LogP contribution < -0.4 is 5.32 Å². The van der Waals surface area contributed by atoms with Crippen LogP contribution in [-0.2, 0) is 9.59 Å². The molecule has 6 nitrogen and oxygen atoms in total. The summed E-state index contributed by atoms with van der Waals surface area (Å²) in [5.74, 6) is -0.199. The Morgan fingerprint density at radius 1 is 1.07 bits per heavy atom. The number of carbonyl (C=O) groups is 3. The lowest BCUT2D eigenvalue weighted by atomic mass is 9.81. The van der Waals surface area contributed by atoms with Crippen LogP contribution in [0.3, 0.4) is 0 Å². The summed E-state index contributed by atoms with van der Waals surface area (Å²) < 4.78 is 0. The van der Waals surface area contributed by atoms with Crippen molar-refractivity contribution in [3.05, 3.63) is 59.9 Å². The highest BCUT2D eigenvalue weighted by Gasteiger charge is 2.31. The fraction of sp³-hybridized carbons (Fsp3) is 0.417. The second-order valence-electron chi connectivity index (χ2n) is 7.93. The molecule has 1 aromatic heterocycles. The number of carbonyl (C=O) groups excluding carboxylic acids is 3. The summed E-state index contributed by atoms with van der Waals surface area (Å²) in [5.41, 5.74) is 2.14. The lowest BCUT2D eigenvalue weighted by Gasteiger charge is -2.31. The van der Waals surface area contributed by atoms with Crippen LogP contribution in [0.5, 0.6) is 0 Å². The Morgan fingerprint density at radius 3 is 2.43 bits per heavy atom. The van der Waals surface area contributed by atoms with E-state index in [1.165, 1.54) is 4.90 Å². The van der Waals surface area contributed by atoms with Crippen molar-refractivity contribution in [3.8, 4) is 0 Å². The van der Waals surface area contributed by atoms with Crippen LogP contribution in [-0.4, -0.2) is 34.2 Å². The summed E-state index contributed by atoms with van der Waals surface area (Å²) >= 11 is 0. The largest absolute Gasteiger partial charge is 0.324 e. The minimum Gasteiger partial charge on any atom is -0.324 e. The maximum Gasteiger partial charge on any atom is 0.260 e. The molecule has 1 N–H and O–H groups in total. The van der Waals surface area contributed by atoms with Crippen molar-refractivity contribution in [2.75, 3.05) is 11.9 Å². The third-order valence-corrected chi connectivity index (χ3v) is 5.81. The van der Waals surface area contributed by atoms with Gasteiger partial charge in [0.1, 0.15) is 0 Å². The van der Waals surface area contributed by atoms with Crippen LogP contribution in [0, 0.1) is 18.8 Å². The fourth-order valence-electron chi connectivity index (χ4n) is 3.99. The molecule has 1 heterocycles.